The van der Waals surface area contributed by atoms with Gasteiger partial charge in [-0.05, 0) is 31.9 Å². The molecule has 1 amide bonds. The number of ether oxygens (including phenoxy) is 2. The van der Waals surface area contributed by atoms with Gasteiger partial charge in [-0.25, -0.2) is 0 Å². The Balaban J connectivity index is 0.00000392. The van der Waals surface area contributed by atoms with E-state index in [9.17, 15) is 4.79 Å². The summed E-state index contributed by atoms with van der Waals surface area (Å²) in [4.78, 5) is 18.1. The van der Waals surface area contributed by atoms with Gasteiger partial charge in [0.05, 0.1) is 13.7 Å². The average Bonchev–Trinajstić information content (AvgIpc) is 3.09. The molecule has 1 aromatic rings. The van der Waals surface area contributed by atoms with Crippen molar-refractivity contribution in [3.63, 3.8) is 0 Å². The number of likely N-dealkylation sites (tertiary alicyclic amines) is 1. The molecule has 158 valence electrons. The van der Waals surface area contributed by atoms with E-state index >= 15 is 0 Å². The number of methoxy groups -OCH3 is 1. The van der Waals surface area contributed by atoms with E-state index in [1.165, 1.54) is 0 Å². The molecule has 0 bridgehead atoms. The Hall–Kier alpha value is -1.71. The molecule has 1 aromatic carbocycles. The molecule has 0 unspecified atom stereocenters. The average molecular weight is 504 g/mol. The number of nitrogens with zero attached hydrogens (tertiary/aromatic N) is 2. The van der Waals surface area contributed by atoms with Crippen LogP contribution in [0.4, 0.5) is 0 Å². The first kappa shape index (κ1) is 24.3. The Kier molecular flexibility index (Phi) is 12.4. The number of hydrogen-bond donors (Lipinski definition) is 2. The summed E-state index contributed by atoms with van der Waals surface area (Å²) in [6.07, 6.45) is 3.45. The van der Waals surface area contributed by atoms with Gasteiger partial charge in [0.2, 0.25) is 5.91 Å². The minimum absolute atomic E-state index is 0. The van der Waals surface area contributed by atoms with Gasteiger partial charge in [0.15, 0.2) is 5.96 Å². The lowest BCUT2D eigenvalue weighted by atomic mass is 10.3. The standard InChI is InChI=1S/C20H32N4O3.HI/c1-3-21-20(22-11-6-14-24-13-5-10-19(24)25)23-12-7-15-27-18-9-4-8-17(16-18)26-2;/h4,8-9,16H,3,5-7,10-15H2,1-2H3,(H2,21,22,23);1H. The fourth-order valence-corrected chi connectivity index (χ4v) is 2.90. The highest BCUT2D eigenvalue weighted by molar-refractivity contribution is 14.0. The molecular formula is C20H33IN4O3. The maximum Gasteiger partial charge on any atom is 0.222 e. The van der Waals surface area contributed by atoms with E-state index in [1.807, 2.05) is 36.1 Å². The fraction of sp³-hybridized carbons (Fsp3) is 0.600. The number of amides is 1. The summed E-state index contributed by atoms with van der Waals surface area (Å²) < 4.78 is 10.9. The lowest BCUT2D eigenvalue weighted by molar-refractivity contribution is -0.127. The molecular weight excluding hydrogens is 471 g/mol. The second kappa shape index (κ2) is 14.3. The zero-order valence-electron chi connectivity index (χ0n) is 16.9. The number of carbonyl (C=O) groups is 1. The summed E-state index contributed by atoms with van der Waals surface area (Å²) in [5.41, 5.74) is 0. The summed E-state index contributed by atoms with van der Waals surface area (Å²) in [5, 5.41) is 6.57. The van der Waals surface area contributed by atoms with Gasteiger partial charge >= 0.3 is 0 Å². The summed E-state index contributed by atoms with van der Waals surface area (Å²) in [7, 11) is 1.64. The number of halogens is 1. The van der Waals surface area contributed by atoms with Crippen molar-refractivity contribution in [3.05, 3.63) is 24.3 Å². The number of aliphatic imine (C=N–C) groups is 1. The number of hydrogen-bond acceptors (Lipinski definition) is 4. The first-order chi connectivity index (χ1) is 13.2. The second-order valence-corrected chi connectivity index (χ2v) is 6.41. The molecule has 1 aliphatic heterocycles. The zero-order chi connectivity index (χ0) is 19.3. The number of guanidine groups is 1. The highest BCUT2D eigenvalue weighted by Crippen LogP contribution is 2.18. The van der Waals surface area contributed by atoms with Crippen LogP contribution in [0.3, 0.4) is 0 Å². The van der Waals surface area contributed by atoms with Crippen molar-refractivity contribution >= 4 is 35.8 Å². The maximum absolute atomic E-state index is 11.6. The van der Waals surface area contributed by atoms with Crippen molar-refractivity contribution in [2.45, 2.75) is 32.6 Å². The predicted molar refractivity (Wildman–Crippen MR) is 123 cm³/mol. The van der Waals surface area contributed by atoms with E-state index in [0.717, 1.165) is 62.9 Å². The van der Waals surface area contributed by atoms with E-state index in [-0.39, 0.29) is 29.9 Å². The minimum atomic E-state index is 0. The first-order valence-corrected chi connectivity index (χ1v) is 9.79. The lowest BCUT2D eigenvalue weighted by Crippen LogP contribution is -2.39. The molecule has 7 nitrogen and oxygen atoms in total. The minimum Gasteiger partial charge on any atom is -0.497 e. The SMILES string of the molecule is CCNC(=NCCCOc1cccc(OC)c1)NCCCN1CCCC1=O.I. The molecule has 1 aliphatic rings. The summed E-state index contributed by atoms with van der Waals surface area (Å²) in [6.45, 7) is 6.68. The van der Waals surface area contributed by atoms with Crippen molar-refractivity contribution in [1.29, 1.82) is 0 Å². The lowest BCUT2D eigenvalue weighted by Gasteiger charge is -2.16. The highest BCUT2D eigenvalue weighted by atomic mass is 127. The van der Waals surface area contributed by atoms with Crippen molar-refractivity contribution in [1.82, 2.24) is 15.5 Å². The van der Waals surface area contributed by atoms with Crippen LogP contribution >= 0.6 is 24.0 Å². The number of nitrogens with one attached hydrogen (secondary N) is 2. The fourth-order valence-electron chi connectivity index (χ4n) is 2.90. The van der Waals surface area contributed by atoms with Crippen LogP contribution in [0.2, 0.25) is 0 Å². The van der Waals surface area contributed by atoms with Crippen molar-refractivity contribution in [2.24, 2.45) is 4.99 Å². The van der Waals surface area contributed by atoms with Gasteiger partial charge in [0.1, 0.15) is 11.5 Å². The van der Waals surface area contributed by atoms with Crippen LogP contribution in [0.15, 0.2) is 29.3 Å². The molecule has 0 spiro atoms. The normalized spacial score (nSPS) is 13.9. The van der Waals surface area contributed by atoms with Crippen LogP contribution in [0.5, 0.6) is 11.5 Å². The van der Waals surface area contributed by atoms with Gasteiger partial charge < -0.3 is 25.0 Å². The Bertz CT molecular complexity index is 613. The molecule has 28 heavy (non-hydrogen) atoms. The summed E-state index contributed by atoms with van der Waals surface area (Å²) >= 11 is 0. The van der Waals surface area contributed by atoms with E-state index in [0.29, 0.717) is 19.6 Å². The van der Waals surface area contributed by atoms with E-state index in [2.05, 4.69) is 15.6 Å². The second-order valence-electron chi connectivity index (χ2n) is 6.41. The molecule has 0 atom stereocenters. The predicted octanol–water partition coefficient (Wildman–Crippen LogP) is 2.65. The van der Waals surface area contributed by atoms with E-state index < -0.39 is 0 Å². The molecule has 2 N–H and O–H groups in total. The first-order valence-electron chi connectivity index (χ1n) is 9.79. The Morgan fingerprint density at radius 2 is 2.07 bits per heavy atom. The molecule has 0 aromatic heterocycles. The Labute approximate surface area is 185 Å². The summed E-state index contributed by atoms with van der Waals surface area (Å²) in [5.74, 6) is 2.69. The van der Waals surface area contributed by atoms with Gasteiger partial charge in [-0.1, -0.05) is 6.07 Å². The quantitative estimate of drug-likeness (QED) is 0.210. The van der Waals surface area contributed by atoms with E-state index in [1.54, 1.807) is 7.11 Å². The third-order valence-corrected chi connectivity index (χ3v) is 4.30. The Morgan fingerprint density at radius 3 is 2.79 bits per heavy atom. The van der Waals surface area contributed by atoms with Crippen LogP contribution in [0, 0.1) is 0 Å². The smallest absolute Gasteiger partial charge is 0.222 e. The molecule has 2 rings (SSSR count). The molecule has 0 saturated carbocycles. The maximum atomic E-state index is 11.6. The molecule has 0 radical (unpaired) electrons. The van der Waals surface area contributed by atoms with Crippen LogP contribution in [0.25, 0.3) is 0 Å². The van der Waals surface area contributed by atoms with E-state index in [4.69, 9.17) is 9.47 Å². The zero-order valence-corrected chi connectivity index (χ0v) is 19.2. The molecule has 1 saturated heterocycles. The third-order valence-electron chi connectivity index (χ3n) is 4.30. The third kappa shape index (κ3) is 8.99. The summed E-state index contributed by atoms with van der Waals surface area (Å²) in [6, 6.07) is 7.60. The monoisotopic (exact) mass is 504 g/mol. The van der Waals surface area contributed by atoms with Gasteiger partial charge in [-0.2, -0.15) is 0 Å². The largest absolute Gasteiger partial charge is 0.497 e. The van der Waals surface area contributed by atoms with Crippen LogP contribution in [0.1, 0.15) is 32.6 Å². The van der Waals surface area contributed by atoms with Crippen LogP contribution in [-0.2, 0) is 4.79 Å². The molecule has 0 aliphatic carbocycles. The van der Waals surface area contributed by atoms with Crippen LogP contribution < -0.4 is 20.1 Å². The molecule has 1 heterocycles. The molecule has 1 fully saturated rings. The topological polar surface area (TPSA) is 75.2 Å². The van der Waals surface area contributed by atoms with Crippen molar-refractivity contribution < 1.29 is 14.3 Å². The van der Waals surface area contributed by atoms with Crippen molar-refractivity contribution in [2.75, 3.05) is 46.4 Å². The number of rotatable bonds is 11. The highest BCUT2D eigenvalue weighted by Gasteiger charge is 2.18. The van der Waals surface area contributed by atoms with Crippen molar-refractivity contribution in [3.8, 4) is 11.5 Å². The number of carbonyl (C=O) groups excluding carboxylic acids is 1. The molecule has 8 heteroatoms. The Morgan fingerprint density at radius 1 is 1.25 bits per heavy atom. The van der Waals surface area contributed by atoms with Crippen LogP contribution in [-0.4, -0.2) is 63.2 Å². The number of benzene rings is 1. The van der Waals surface area contributed by atoms with Gasteiger partial charge in [0.25, 0.3) is 0 Å². The van der Waals surface area contributed by atoms with Gasteiger partial charge in [-0.15, -0.1) is 24.0 Å². The van der Waals surface area contributed by atoms with Gasteiger partial charge in [0, 0.05) is 51.6 Å². The van der Waals surface area contributed by atoms with Gasteiger partial charge in [-0.3, -0.25) is 9.79 Å².